The van der Waals surface area contributed by atoms with Crippen molar-refractivity contribution in [3.8, 4) is 0 Å². The number of benzene rings is 2. The monoisotopic (exact) mass is 519 g/mol. The molecule has 0 bridgehead atoms. The molecule has 150 valence electrons. The second-order valence-corrected chi connectivity index (χ2v) is 9.46. The number of rotatable bonds is 4. The Kier molecular flexibility index (Phi) is 6.10. The van der Waals surface area contributed by atoms with Crippen LogP contribution < -0.4 is 4.90 Å². The van der Waals surface area contributed by atoms with Crippen LogP contribution in [-0.2, 0) is 6.18 Å². The minimum atomic E-state index is -4.33. The Morgan fingerprint density at radius 2 is 1.61 bits per heavy atom. The van der Waals surface area contributed by atoms with Gasteiger partial charge in [-0.15, -0.1) is 0 Å². The normalized spacial score (nSPS) is 18.1. The van der Waals surface area contributed by atoms with Gasteiger partial charge >= 0.3 is 6.18 Å². The number of hydrogen-bond acceptors (Lipinski definition) is 4. The van der Waals surface area contributed by atoms with Gasteiger partial charge < -0.3 is 9.80 Å². The predicted molar refractivity (Wildman–Crippen MR) is 116 cm³/mol. The van der Waals surface area contributed by atoms with E-state index in [1.54, 1.807) is 17.8 Å². The summed E-state index contributed by atoms with van der Waals surface area (Å²) in [6.07, 6.45) is -3.42. The van der Waals surface area contributed by atoms with E-state index in [2.05, 4.69) is 35.8 Å². The molecule has 0 aliphatic carbocycles. The molecule has 2 heterocycles. The lowest BCUT2D eigenvalue weighted by Crippen LogP contribution is -2.43. The summed E-state index contributed by atoms with van der Waals surface area (Å²) < 4.78 is 42.1. The molecule has 3 nitrogen and oxygen atoms in total. The Bertz CT molecular complexity index is 838. The molecule has 0 amide bonds. The first-order valence-electron chi connectivity index (χ1n) is 9.30. The third-order valence-corrected chi connectivity index (χ3v) is 7.22. The first kappa shape index (κ1) is 20.3. The van der Waals surface area contributed by atoms with Crippen molar-refractivity contribution in [2.75, 3.05) is 44.2 Å². The van der Waals surface area contributed by atoms with E-state index in [-0.39, 0.29) is 0 Å². The van der Waals surface area contributed by atoms with Crippen LogP contribution in [0, 0.1) is 0 Å². The van der Waals surface area contributed by atoms with Gasteiger partial charge in [0, 0.05) is 65.4 Å². The summed E-state index contributed by atoms with van der Waals surface area (Å²) >= 11 is 3.90. The summed E-state index contributed by atoms with van der Waals surface area (Å²) in [5.41, 5.74) is 1.07. The van der Waals surface area contributed by atoms with Gasteiger partial charge in [-0.1, -0.05) is 23.9 Å². The first-order chi connectivity index (χ1) is 13.4. The third-order valence-electron chi connectivity index (χ3n) is 5.13. The number of halogens is 4. The number of para-hydroxylation sites is 1. The molecule has 1 fully saturated rings. The standard InChI is InChI=1S/C20H21F3IN3S/c21-20(22,23)15-6-7-19-17(14-15)27(16-4-1-2-5-18(16)28-19)9-3-8-25-10-12-26(24)13-11-25/h1-2,4-7,14H,3,8-13H2. The molecule has 2 aliphatic heterocycles. The molecule has 2 aromatic carbocycles. The fraction of sp³-hybridized carbons (Fsp3) is 0.400. The second kappa shape index (κ2) is 8.41. The summed E-state index contributed by atoms with van der Waals surface area (Å²) in [7, 11) is 0. The molecule has 0 radical (unpaired) electrons. The van der Waals surface area contributed by atoms with Crippen LogP contribution in [0.25, 0.3) is 0 Å². The molecular weight excluding hydrogens is 498 g/mol. The maximum Gasteiger partial charge on any atom is 0.416 e. The van der Waals surface area contributed by atoms with Crippen LogP contribution in [0.1, 0.15) is 12.0 Å². The Morgan fingerprint density at radius 3 is 2.36 bits per heavy atom. The van der Waals surface area contributed by atoms with Crippen molar-refractivity contribution in [3.05, 3.63) is 48.0 Å². The van der Waals surface area contributed by atoms with Gasteiger partial charge in [0.1, 0.15) is 0 Å². The van der Waals surface area contributed by atoms with E-state index in [9.17, 15) is 13.2 Å². The number of piperazine rings is 1. The Morgan fingerprint density at radius 1 is 0.893 bits per heavy atom. The van der Waals surface area contributed by atoms with Gasteiger partial charge in [-0.3, -0.25) is 0 Å². The molecule has 0 saturated carbocycles. The number of nitrogens with zero attached hydrogens (tertiary/aromatic N) is 3. The van der Waals surface area contributed by atoms with Crippen LogP contribution >= 0.6 is 34.6 Å². The first-order valence-corrected chi connectivity index (χ1v) is 11.1. The summed E-state index contributed by atoms with van der Waals surface area (Å²) in [5, 5.41) is 0. The highest BCUT2D eigenvalue weighted by atomic mass is 127. The third kappa shape index (κ3) is 4.44. The Balaban J connectivity index is 1.55. The summed E-state index contributed by atoms with van der Waals surface area (Å²) in [5.74, 6) is 0. The maximum absolute atomic E-state index is 13.3. The quantitative estimate of drug-likeness (QED) is 0.381. The zero-order valence-corrected chi connectivity index (χ0v) is 18.2. The van der Waals surface area contributed by atoms with Crippen molar-refractivity contribution in [2.24, 2.45) is 0 Å². The van der Waals surface area contributed by atoms with Gasteiger partial charge in [-0.25, -0.2) is 3.11 Å². The zero-order chi connectivity index (χ0) is 19.7. The number of alkyl halides is 3. The molecule has 8 heteroatoms. The topological polar surface area (TPSA) is 9.72 Å². The molecule has 2 aliphatic rings. The van der Waals surface area contributed by atoms with Crippen molar-refractivity contribution in [2.45, 2.75) is 22.4 Å². The Labute approximate surface area is 181 Å². The van der Waals surface area contributed by atoms with Gasteiger partial charge in [0.05, 0.1) is 16.9 Å². The highest BCUT2D eigenvalue weighted by molar-refractivity contribution is 14.1. The minimum Gasteiger partial charge on any atom is -0.340 e. The molecular formula is C20H21F3IN3S. The minimum absolute atomic E-state index is 0.589. The molecule has 4 rings (SSSR count). The lowest BCUT2D eigenvalue weighted by atomic mass is 10.1. The van der Waals surface area contributed by atoms with Gasteiger partial charge in [0.2, 0.25) is 0 Å². The molecule has 0 N–H and O–H groups in total. The highest BCUT2D eigenvalue weighted by Gasteiger charge is 2.33. The number of fused-ring (bicyclic) bond motifs is 2. The summed E-state index contributed by atoms with van der Waals surface area (Å²) in [6.45, 7) is 5.87. The van der Waals surface area contributed by atoms with E-state index in [0.717, 1.165) is 54.6 Å². The van der Waals surface area contributed by atoms with E-state index in [0.29, 0.717) is 12.2 Å². The fourth-order valence-electron chi connectivity index (χ4n) is 3.65. The molecule has 0 unspecified atom stereocenters. The van der Waals surface area contributed by atoms with Crippen LogP contribution in [0.15, 0.2) is 52.3 Å². The van der Waals surface area contributed by atoms with Crippen LogP contribution in [0.2, 0.25) is 0 Å². The summed E-state index contributed by atoms with van der Waals surface area (Å²) in [6, 6.07) is 12.0. The molecule has 28 heavy (non-hydrogen) atoms. The van der Waals surface area contributed by atoms with Crippen molar-refractivity contribution < 1.29 is 13.2 Å². The molecule has 1 saturated heterocycles. The van der Waals surface area contributed by atoms with E-state index in [4.69, 9.17) is 0 Å². The van der Waals surface area contributed by atoms with Crippen LogP contribution in [0.5, 0.6) is 0 Å². The maximum atomic E-state index is 13.3. The molecule has 2 aromatic rings. The van der Waals surface area contributed by atoms with Crippen LogP contribution in [-0.4, -0.2) is 47.3 Å². The van der Waals surface area contributed by atoms with Crippen molar-refractivity contribution in [1.82, 2.24) is 8.01 Å². The largest absolute Gasteiger partial charge is 0.416 e. The fourth-order valence-corrected chi connectivity index (χ4v) is 5.15. The smallest absolute Gasteiger partial charge is 0.340 e. The van der Waals surface area contributed by atoms with Gasteiger partial charge in [0.15, 0.2) is 0 Å². The highest BCUT2D eigenvalue weighted by Crippen LogP contribution is 2.49. The van der Waals surface area contributed by atoms with E-state index < -0.39 is 11.7 Å². The average Bonchev–Trinajstić information content (AvgIpc) is 2.68. The van der Waals surface area contributed by atoms with Crippen molar-refractivity contribution in [3.63, 3.8) is 0 Å². The zero-order valence-electron chi connectivity index (χ0n) is 15.3. The van der Waals surface area contributed by atoms with Gasteiger partial charge in [-0.05, 0) is 43.3 Å². The Hall–Kier alpha value is -0.970. The van der Waals surface area contributed by atoms with Crippen LogP contribution in [0.3, 0.4) is 0 Å². The van der Waals surface area contributed by atoms with E-state index in [1.165, 1.54) is 12.1 Å². The van der Waals surface area contributed by atoms with E-state index in [1.807, 2.05) is 24.3 Å². The SMILES string of the molecule is FC(F)(F)c1ccc2c(c1)N(CCCN1CCN(I)CC1)c1ccccc1S2. The van der Waals surface area contributed by atoms with Gasteiger partial charge in [-0.2, -0.15) is 13.2 Å². The summed E-state index contributed by atoms with van der Waals surface area (Å²) in [4.78, 5) is 6.47. The van der Waals surface area contributed by atoms with Crippen molar-refractivity contribution >= 4 is 46.0 Å². The second-order valence-electron chi connectivity index (χ2n) is 7.01. The average molecular weight is 519 g/mol. The van der Waals surface area contributed by atoms with Crippen molar-refractivity contribution in [1.29, 1.82) is 0 Å². The van der Waals surface area contributed by atoms with Gasteiger partial charge in [0.25, 0.3) is 0 Å². The van der Waals surface area contributed by atoms with E-state index >= 15 is 0 Å². The van der Waals surface area contributed by atoms with Crippen LogP contribution in [0.4, 0.5) is 24.5 Å². The molecule has 0 atom stereocenters. The lowest BCUT2D eigenvalue weighted by molar-refractivity contribution is -0.137. The number of anilines is 2. The molecule has 0 aromatic heterocycles. The molecule has 0 spiro atoms. The lowest BCUT2D eigenvalue weighted by Gasteiger charge is -2.35. The predicted octanol–water partition coefficient (Wildman–Crippen LogP) is 5.67. The number of hydrogen-bond donors (Lipinski definition) is 0.